The summed E-state index contributed by atoms with van der Waals surface area (Å²) in [6.07, 6.45) is 6.55. The Bertz CT molecular complexity index is 592. The van der Waals surface area contributed by atoms with Crippen LogP contribution >= 0.6 is 0 Å². The van der Waals surface area contributed by atoms with Crippen molar-refractivity contribution >= 4 is 5.91 Å². The molecule has 1 unspecified atom stereocenters. The van der Waals surface area contributed by atoms with Crippen molar-refractivity contribution in [1.29, 1.82) is 0 Å². The SMILES string of the molecule is O=C(c1ccc(-n2cccn2)cc1)N1CCCCC1CO. The van der Waals surface area contributed by atoms with E-state index in [0.717, 1.165) is 31.5 Å². The Hall–Kier alpha value is -2.14. The van der Waals surface area contributed by atoms with Crippen LogP contribution in [0, 0.1) is 0 Å². The number of amides is 1. The molecule has 1 saturated heterocycles. The molecule has 1 aliphatic rings. The summed E-state index contributed by atoms with van der Waals surface area (Å²) in [5, 5.41) is 13.6. The van der Waals surface area contributed by atoms with Crippen LogP contribution in [-0.4, -0.2) is 44.9 Å². The van der Waals surface area contributed by atoms with Crippen LogP contribution in [0.15, 0.2) is 42.7 Å². The number of benzene rings is 1. The lowest BCUT2D eigenvalue weighted by atomic mass is 10.0. The number of aromatic nitrogens is 2. The van der Waals surface area contributed by atoms with Gasteiger partial charge >= 0.3 is 0 Å². The van der Waals surface area contributed by atoms with Gasteiger partial charge in [-0.25, -0.2) is 4.68 Å². The summed E-state index contributed by atoms with van der Waals surface area (Å²) in [6.45, 7) is 0.766. The van der Waals surface area contributed by atoms with E-state index in [9.17, 15) is 9.90 Å². The van der Waals surface area contributed by atoms with Crippen molar-refractivity contribution in [3.63, 3.8) is 0 Å². The van der Waals surface area contributed by atoms with E-state index in [2.05, 4.69) is 5.10 Å². The minimum absolute atomic E-state index is 0.000709. The third-order valence-electron chi connectivity index (χ3n) is 3.98. The maximum absolute atomic E-state index is 12.6. The Morgan fingerprint density at radius 3 is 2.76 bits per heavy atom. The Morgan fingerprint density at radius 2 is 2.10 bits per heavy atom. The standard InChI is InChI=1S/C16H19N3O2/c20-12-15-4-1-2-10-18(15)16(21)13-5-7-14(8-6-13)19-11-3-9-17-19/h3,5-9,11,15,20H,1-2,4,10,12H2. The highest BCUT2D eigenvalue weighted by molar-refractivity contribution is 5.94. The zero-order chi connectivity index (χ0) is 14.7. The van der Waals surface area contributed by atoms with E-state index in [1.807, 2.05) is 36.5 Å². The quantitative estimate of drug-likeness (QED) is 0.936. The molecule has 21 heavy (non-hydrogen) atoms. The van der Waals surface area contributed by atoms with Gasteiger partial charge in [-0.1, -0.05) is 0 Å². The number of likely N-dealkylation sites (tertiary alicyclic amines) is 1. The second-order valence-electron chi connectivity index (χ2n) is 5.33. The third kappa shape index (κ3) is 2.83. The minimum atomic E-state index is -0.0444. The Morgan fingerprint density at radius 1 is 1.29 bits per heavy atom. The van der Waals surface area contributed by atoms with E-state index in [0.29, 0.717) is 5.56 Å². The predicted molar refractivity (Wildman–Crippen MR) is 79.3 cm³/mol. The number of carbonyl (C=O) groups excluding carboxylic acids is 1. The highest BCUT2D eigenvalue weighted by Gasteiger charge is 2.26. The lowest BCUT2D eigenvalue weighted by molar-refractivity contribution is 0.0503. The molecule has 1 N–H and O–H groups in total. The number of rotatable bonds is 3. The average molecular weight is 285 g/mol. The second kappa shape index (κ2) is 6.10. The topological polar surface area (TPSA) is 58.4 Å². The molecule has 1 aromatic carbocycles. The van der Waals surface area contributed by atoms with Crippen molar-refractivity contribution in [2.24, 2.45) is 0 Å². The van der Waals surface area contributed by atoms with Gasteiger partial charge in [-0.05, 0) is 49.6 Å². The lowest BCUT2D eigenvalue weighted by Gasteiger charge is -2.34. The fourth-order valence-electron chi connectivity index (χ4n) is 2.80. The van der Waals surface area contributed by atoms with Gasteiger partial charge in [0.15, 0.2) is 0 Å². The third-order valence-corrected chi connectivity index (χ3v) is 3.98. The van der Waals surface area contributed by atoms with Crippen LogP contribution in [0.4, 0.5) is 0 Å². The van der Waals surface area contributed by atoms with Crippen LogP contribution in [0.2, 0.25) is 0 Å². The molecule has 0 aliphatic carbocycles. The number of nitrogens with zero attached hydrogens (tertiary/aromatic N) is 3. The van der Waals surface area contributed by atoms with Crippen LogP contribution < -0.4 is 0 Å². The van der Waals surface area contributed by atoms with Gasteiger partial charge in [0.1, 0.15) is 0 Å². The fourth-order valence-corrected chi connectivity index (χ4v) is 2.80. The number of aliphatic hydroxyl groups is 1. The average Bonchev–Trinajstić information content (AvgIpc) is 3.09. The summed E-state index contributed by atoms with van der Waals surface area (Å²) in [5.74, 6) is 0.000709. The van der Waals surface area contributed by atoms with Gasteiger partial charge in [-0.15, -0.1) is 0 Å². The molecule has 1 aromatic heterocycles. The van der Waals surface area contributed by atoms with Crippen LogP contribution in [0.1, 0.15) is 29.6 Å². The maximum Gasteiger partial charge on any atom is 0.254 e. The zero-order valence-electron chi connectivity index (χ0n) is 11.9. The molecule has 2 aromatic rings. The minimum Gasteiger partial charge on any atom is -0.394 e. The van der Waals surface area contributed by atoms with Crippen molar-refractivity contribution in [2.45, 2.75) is 25.3 Å². The van der Waals surface area contributed by atoms with E-state index in [1.54, 1.807) is 15.8 Å². The molecule has 1 atom stereocenters. The molecule has 1 aliphatic heterocycles. The Kier molecular flexibility index (Phi) is 4.01. The van der Waals surface area contributed by atoms with E-state index in [1.165, 1.54) is 0 Å². The number of carbonyl (C=O) groups is 1. The van der Waals surface area contributed by atoms with E-state index in [-0.39, 0.29) is 18.6 Å². The first-order chi connectivity index (χ1) is 10.3. The van der Waals surface area contributed by atoms with Crippen molar-refractivity contribution < 1.29 is 9.90 Å². The second-order valence-corrected chi connectivity index (χ2v) is 5.33. The fraction of sp³-hybridized carbons (Fsp3) is 0.375. The molecule has 3 rings (SSSR count). The van der Waals surface area contributed by atoms with Crippen molar-refractivity contribution in [2.75, 3.05) is 13.2 Å². The van der Waals surface area contributed by atoms with Gasteiger partial charge in [-0.3, -0.25) is 4.79 Å². The van der Waals surface area contributed by atoms with Gasteiger partial charge in [-0.2, -0.15) is 5.10 Å². The molecule has 0 saturated carbocycles. The van der Waals surface area contributed by atoms with Gasteiger partial charge in [0, 0.05) is 24.5 Å². The summed E-state index contributed by atoms with van der Waals surface area (Å²) < 4.78 is 1.76. The van der Waals surface area contributed by atoms with Gasteiger partial charge in [0.05, 0.1) is 18.3 Å². The molecule has 0 bridgehead atoms. The Balaban J connectivity index is 1.78. The highest BCUT2D eigenvalue weighted by atomic mass is 16.3. The van der Waals surface area contributed by atoms with Gasteiger partial charge in [0.2, 0.25) is 0 Å². The Labute approximate surface area is 123 Å². The van der Waals surface area contributed by atoms with Crippen LogP contribution in [0.25, 0.3) is 5.69 Å². The van der Waals surface area contributed by atoms with Gasteiger partial charge < -0.3 is 10.0 Å². The lowest BCUT2D eigenvalue weighted by Crippen LogP contribution is -2.45. The van der Waals surface area contributed by atoms with Crippen molar-refractivity contribution in [3.8, 4) is 5.69 Å². The number of hydrogen-bond acceptors (Lipinski definition) is 3. The van der Waals surface area contributed by atoms with Crippen LogP contribution in [0.3, 0.4) is 0 Å². The molecule has 0 spiro atoms. The molecule has 1 amide bonds. The predicted octanol–water partition coefficient (Wildman–Crippen LogP) is 1.86. The smallest absolute Gasteiger partial charge is 0.254 e. The normalized spacial score (nSPS) is 18.7. The van der Waals surface area contributed by atoms with E-state index >= 15 is 0 Å². The van der Waals surface area contributed by atoms with Crippen LogP contribution in [0.5, 0.6) is 0 Å². The zero-order valence-corrected chi connectivity index (χ0v) is 11.9. The summed E-state index contributed by atoms with van der Waals surface area (Å²) in [4.78, 5) is 14.4. The van der Waals surface area contributed by atoms with E-state index in [4.69, 9.17) is 0 Å². The summed E-state index contributed by atoms with van der Waals surface area (Å²) in [6, 6.07) is 9.23. The molecule has 5 nitrogen and oxygen atoms in total. The highest BCUT2D eigenvalue weighted by Crippen LogP contribution is 2.20. The molecular weight excluding hydrogens is 266 g/mol. The summed E-state index contributed by atoms with van der Waals surface area (Å²) >= 11 is 0. The molecular formula is C16H19N3O2. The molecule has 2 heterocycles. The van der Waals surface area contributed by atoms with Crippen LogP contribution in [-0.2, 0) is 0 Å². The number of hydrogen-bond donors (Lipinski definition) is 1. The summed E-state index contributed by atoms with van der Waals surface area (Å²) in [7, 11) is 0. The first-order valence-corrected chi connectivity index (χ1v) is 7.31. The maximum atomic E-state index is 12.6. The monoisotopic (exact) mass is 285 g/mol. The largest absolute Gasteiger partial charge is 0.394 e. The van der Waals surface area contributed by atoms with Crippen molar-refractivity contribution in [3.05, 3.63) is 48.3 Å². The van der Waals surface area contributed by atoms with E-state index < -0.39 is 0 Å². The molecule has 1 fully saturated rings. The summed E-state index contributed by atoms with van der Waals surface area (Å²) in [5.41, 5.74) is 1.58. The molecule has 0 radical (unpaired) electrons. The number of piperidine rings is 1. The molecule has 5 heteroatoms. The molecule has 110 valence electrons. The van der Waals surface area contributed by atoms with Gasteiger partial charge in [0.25, 0.3) is 5.91 Å². The van der Waals surface area contributed by atoms with Crippen molar-refractivity contribution in [1.82, 2.24) is 14.7 Å². The first kappa shape index (κ1) is 13.8. The number of aliphatic hydroxyl groups excluding tert-OH is 1. The first-order valence-electron chi connectivity index (χ1n) is 7.31.